The number of anilines is 2. The molecule has 30 heavy (non-hydrogen) atoms. The number of carbonyl (C=O) groups is 1. The van der Waals surface area contributed by atoms with Crippen LogP contribution >= 0.6 is 11.3 Å². The van der Waals surface area contributed by atoms with E-state index in [2.05, 4.69) is 25.0 Å². The van der Waals surface area contributed by atoms with Gasteiger partial charge in [-0.3, -0.25) is 14.5 Å². The topological polar surface area (TPSA) is 123 Å². The van der Waals surface area contributed by atoms with E-state index >= 15 is 0 Å². The second-order valence-electron chi connectivity index (χ2n) is 6.74. The lowest BCUT2D eigenvalue weighted by atomic mass is 10.1. The number of thiazole rings is 1. The van der Waals surface area contributed by atoms with Gasteiger partial charge in [-0.2, -0.15) is 0 Å². The van der Waals surface area contributed by atoms with Crippen molar-refractivity contribution in [1.82, 2.24) is 15.0 Å². The first-order valence-corrected chi connectivity index (χ1v) is 11.6. The molecule has 4 rings (SSSR count). The number of sulfonamides is 1. The number of hydrogen-bond acceptors (Lipinski definition) is 8. The van der Waals surface area contributed by atoms with Crippen molar-refractivity contribution >= 4 is 38.1 Å². The van der Waals surface area contributed by atoms with E-state index in [9.17, 15) is 13.2 Å². The van der Waals surface area contributed by atoms with Crippen molar-refractivity contribution in [2.75, 3.05) is 17.1 Å². The normalized spacial score (nSPS) is 13.6. The molecule has 0 spiro atoms. The summed E-state index contributed by atoms with van der Waals surface area (Å²) in [6.45, 7) is 0. The Kier molecular flexibility index (Phi) is 5.64. The van der Waals surface area contributed by atoms with Crippen molar-refractivity contribution in [3.05, 3.63) is 47.7 Å². The summed E-state index contributed by atoms with van der Waals surface area (Å²) in [5.41, 5.74) is 2.64. The van der Waals surface area contributed by atoms with Crippen LogP contribution in [-0.2, 0) is 21.2 Å². The average Bonchev–Trinajstić information content (AvgIpc) is 3.52. The lowest BCUT2D eigenvalue weighted by Gasteiger charge is -2.06. The third-order valence-electron chi connectivity index (χ3n) is 4.37. The highest BCUT2D eigenvalue weighted by Crippen LogP contribution is 2.30. The van der Waals surface area contributed by atoms with E-state index in [1.54, 1.807) is 23.7 Å². The minimum Gasteiger partial charge on any atom is -0.480 e. The Morgan fingerprint density at radius 3 is 2.67 bits per heavy atom. The van der Waals surface area contributed by atoms with Crippen molar-refractivity contribution in [3.63, 3.8) is 0 Å². The van der Waals surface area contributed by atoms with Crippen LogP contribution in [0.1, 0.15) is 18.5 Å². The number of nitrogens with one attached hydrogen (secondary N) is 2. The van der Waals surface area contributed by atoms with E-state index < -0.39 is 10.0 Å². The molecule has 0 atom stereocenters. The highest BCUT2D eigenvalue weighted by molar-refractivity contribution is 7.93. The molecule has 9 nitrogen and oxygen atoms in total. The van der Waals surface area contributed by atoms with Gasteiger partial charge in [-0.25, -0.2) is 18.4 Å². The molecule has 0 radical (unpaired) electrons. The molecule has 1 aromatic carbocycles. The van der Waals surface area contributed by atoms with E-state index in [0.29, 0.717) is 35.8 Å². The highest BCUT2D eigenvalue weighted by atomic mass is 32.2. The van der Waals surface area contributed by atoms with Gasteiger partial charge >= 0.3 is 0 Å². The Bertz CT molecular complexity index is 1160. The molecule has 0 aliphatic heterocycles. The van der Waals surface area contributed by atoms with Gasteiger partial charge in [-0.15, -0.1) is 11.3 Å². The number of hydrogen-bond donors (Lipinski definition) is 2. The molecule has 3 aromatic rings. The lowest BCUT2D eigenvalue weighted by molar-refractivity contribution is -0.115. The zero-order chi connectivity index (χ0) is 21.1. The molecule has 1 amide bonds. The van der Waals surface area contributed by atoms with Crippen LogP contribution in [0.3, 0.4) is 0 Å². The quantitative estimate of drug-likeness (QED) is 0.546. The molecule has 0 unspecified atom stereocenters. The summed E-state index contributed by atoms with van der Waals surface area (Å²) in [5.74, 6) is 0.178. The zero-order valence-electron chi connectivity index (χ0n) is 16.0. The molecular weight excluding hydrogens is 426 g/mol. The fourth-order valence-corrected chi connectivity index (χ4v) is 5.00. The Hall–Kier alpha value is -3.05. The third kappa shape index (κ3) is 4.92. The summed E-state index contributed by atoms with van der Waals surface area (Å²) in [5, 5.41) is 4.44. The number of nitrogens with zero attached hydrogens (tertiary/aromatic N) is 3. The molecule has 1 aliphatic rings. The number of methoxy groups -OCH3 is 1. The average molecular weight is 446 g/mol. The molecule has 156 valence electrons. The van der Waals surface area contributed by atoms with Crippen LogP contribution in [0.5, 0.6) is 5.88 Å². The minimum atomic E-state index is -3.36. The number of carbonyl (C=O) groups excluding carboxylic acids is 1. The number of benzene rings is 1. The lowest BCUT2D eigenvalue weighted by Crippen LogP contribution is -2.17. The summed E-state index contributed by atoms with van der Waals surface area (Å²) in [7, 11) is -1.83. The molecule has 11 heteroatoms. The minimum absolute atomic E-state index is 0.0464. The summed E-state index contributed by atoms with van der Waals surface area (Å²) < 4.78 is 31.5. The van der Waals surface area contributed by atoms with Gasteiger partial charge in [0.2, 0.25) is 21.8 Å². The van der Waals surface area contributed by atoms with Crippen molar-refractivity contribution < 1.29 is 17.9 Å². The Balaban J connectivity index is 1.35. The summed E-state index contributed by atoms with van der Waals surface area (Å²) in [6, 6.07) is 7.19. The van der Waals surface area contributed by atoms with Gasteiger partial charge in [-0.1, -0.05) is 12.1 Å². The van der Waals surface area contributed by atoms with Crippen molar-refractivity contribution in [3.8, 4) is 17.1 Å². The smallest absolute Gasteiger partial charge is 0.237 e. The Labute approximate surface area is 177 Å². The standard InChI is InChI=1S/C19H19N5O4S2/c1-28-18-10-20-9-16(23-18)12-2-4-13(5-3-12)21-17(25)8-14-11-29-19(22-14)24-30(26,27)15-6-7-15/h2-5,9-11,15H,6-8H2,1H3,(H,21,25)(H,22,24). The van der Waals surface area contributed by atoms with Crippen LogP contribution < -0.4 is 14.8 Å². The number of aromatic nitrogens is 3. The first kappa shape index (κ1) is 20.2. The van der Waals surface area contributed by atoms with Crippen molar-refractivity contribution in [2.24, 2.45) is 0 Å². The summed E-state index contributed by atoms with van der Waals surface area (Å²) >= 11 is 1.17. The SMILES string of the molecule is COc1cncc(-c2ccc(NC(=O)Cc3csc(NS(=O)(=O)C4CC4)n3)cc2)n1. The second-order valence-corrected chi connectivity index (χ2v) is 9.56. The molecule has 2 heterocycles. The van der Waals surface area contributed by atoms with Crippen LogP contribution in [0.4, 0.5) is 10.8 Å². The van der Waals surface area contributed by atoms with Gasteiger partial charge in [-0.05, 0) is 25.0 Å². The molecular formula is C19H19N5O4S2. The molecule has 0 bridgehead atoms. The third-order valence-corrected chi connectivity index (χ3v) is 7.13. The van der Waals surface area contributed by atoms with Gasteiger partial charge in [0.25, 0.3) is 0 Å². The first-order chi connectivity index (χ1) is 14.4. The van der Waals surface area contributed by atoms with E-state index in [0.717, 1.165) is 5.56 Å². The van der Waals surface area contributed by atoms with Gasteiger partial charge in [0, 0.05) is 16.6 Å². The van der Waals surface area contributed by atoms with Crippen molar-refractivity contribution in [2.45, 2.75) is 24.5 Å². The van der Waals surface area contributed by atoms with Gasteiger partial charge in [0.1, 0.15) is 0 Å². The predicted octanol–water partition coefficient (Wildman–Crippen LogP) is 2.69. The number of amides is 1. The van der Waals surface area contributed by atoms with Gasteiger partial charge < -0.3 is 10.1 Å². The fraction of sp³-hybridized carbons (Fsp3) is 0.263. The molecule has 1 saturated carbocycles. The largest absolute Gasteiger partial charge is 0.480 e. The van der Waals surface area contributed by atoms with Crippen LogP contribution in [0, 0.1) is 0 Å². The monoisotopic (exact) mass is 445 g/mol. The van der Waals surface area contributed by atoms with Crippen LogP contribution in [0.2, 0.25) is 0 Å². The van der Waals surface area contributed by atoms with E-state index in [4.69, 9.17) is 4.74 Å². The fourth-order valence-electron chi connectivity index (χ4n) is 2.70. The number of ether oxygens (including phenoxy) is 1. The van der Waals surface area contributed by atoms with E-state index in [1.807, 2.05) is 12.1 Å². The maximum atomic E-state index is 12.3. The summed E-state index contributed by atoms with van der Waals surface area (Å²) in [4.78, 5) is 24.9. The highest BCUT2D eigenvalue weighted by Gasteiger charge is 2.36. The molecule has 0 saturated heterocycles. The van der Waals surface area contributed by atoms with Crippen LogP contribution in [0.25, 0.3) is 11.3 Å². The predicted molar refractivity (Wildman–Crippen MR) is 114 cm³/mol. The molecule has 1 aliphatic carbocycles. The molecule has 1 fully saturated rings. The maximum Gasteiger partial charge on any atom is 0.237 e. The maximum absolute atomic E-state index is 12.3. The van der Waals surface area contributed by atoms with Gasteiger partial charge in [0.15, 0.2) is 5.13 Å². The summed E-state index contributed by atoms with van der Waals surface area (Å²) in [6.07, 6.45) is 4.56. The van der Waals surface area contributed by atoms with Crippen LogP contribution in [-0.4, -0.2) is 41.6 Å². The van der Waals surface area contributed by atoms with Crippen molar-refractivity contribution in [1.29, 1.82) is 0 Å². The Morgan fingerprint density at radius 2 is 1.97 bits per heavy atom. The van der Waals surface area contributed by atoms with E-state index in [-0.39, 0.29) is 22.7 Å². The molecule has 2 N–H and O–H groups in total. The second kappa shape index (κ2) is 8.36. The zero-order valence-corrected chi connectivity index (χ0v) is 17.7. The molecule has 2 aromatic heterocycles. The number of rotatable bonds is 8. The first-order valence-electron chi connectivity index (χ1n) is 9.15. The Morgan fingerprint density at radius 1 is 1.20 bits per heavy atom. The van der Waals surface area contributed by atoms with Crippen LogP contribution in [0.15, 0.2) is 42.0 Å². The van der Waals surface area contributed by atoms with E-state index in [1.165, 1.54) is 24.6 Å². The van der Waals surface area contributed by atoms with Gasteiger partial charge in [0.05, 0.1) is 42.6 Å².